The lowest BCUT2D eigenvalue weighted by atomic mass is 10.00. The molecule has 4 heterocycles. The molecule has 0 aliphatic carbocycles. The molecule has 9 heteroatoms. The first kappa shape index (κ1) is 14.8. The van der Waals surface area contributed by atoms with Gasteiger partial charge in [0.05, 0.1) is 17.7 Å². The van der Waals surface area contributed by atoms with Crippen molar-refractivity contribution in [2.24, 2.45) is 0 Å². The van der Waals surface area contributed by atoms with E-state index in [9.17, 15) is 4.79 Å². The van der Waals surface area contributed by atoms with Gasteiger partial charge in [-0.1, -0.05) is 6.07 Å². The summed E-state index contributed by atoms with van der Waals surface area (Å²) in [5.41, 5.74) is 2.67. The number of carbonyl (C=O) groups excluding carboxylic acids is 1. The fourth-order valence-electron chi connectivity index (χ4n) is 2.84. The summed E-state index contributed by atoms with van der Waals surface area (Å²) in [4.78, 5) is 30.7. The summed E-state index contributed by atoms with van der Waals surface area (Å²) in [7, 11) is 0. The molecule has 1 aliphatic rings. The van der Waals surface area contributed by atoms with Gasteiger partial charge in [-0.2, -0.15) is 4.37 Å². The number of H-pyrrole nitrogens is 1. The van der Waals surface area contributed by atoms with Crippen LogP contribution in [0.3, 0.4) is 0 Å². The summed E-state index contributed by atoms with van der Waals surface area (Å²) >= 11 is 1.17. The van der Waals surface area contributed by atoms with Crippen molar-refractivity contribution in [1.82, 2.24) is 29.2 Å². The SMILES string of the molecule is Cc1nsc(NC(=O)N2CCc3[nH]cnc3C2c2ccccn2)n1. The first-order chi connectivity index (χ1) is 11.7. The average Bonchev–Trinajstić information content (AvgIpc) is 3.23. The lowest BCUT2D eigenvalue weighted by molar-refractivity contribution is 0.191. The first-order valence-corrected chi connectivity index (χ1v) is 8.30. The lowest BCUT2D eigenvalue weighted by Crippen LogP contribution is -2.43. The summed E-state index contributed by atoms with van der Waals surface area (Å²) in [5.74, 6) is 0.643. The molecule has 1 aliphatic heterocycles. The second-order valence-electron chi connectivity index (χ2n) is 5.44. The van der Waals surface area contributed by atoms with Crippen LogP contribution in [-0.4, -0.2) is 41.8 Å². The van der Waals surface area contributed by atoms with Crippen LogP contribution in [-0.2, 0) is 6.42 Å². The number of amides is 2. The Hall–Kier alpha value is -2.81. The van der Waals surface area contributed by atoms with Gasteiger partial charge in [-0.3, -0.25) is 10.3 Å². The molecule has 0 saturated carbocycles. The quantitative estimate of drug-likeness (QED) is 0.744. The smallest absolute Gasteiger partial charge is 0.324 e. The van der Waals surface area contributed by atoms with E-state index in [1.54, 1.807) is 24.3 Å². The largest absolute Gasteiger partial charge is 0.348 e. The number of aromatic nitrogens is 5. The van der Waals surface area contributed by atoms with E-state index in [-0.39, 0.29) is 12.1 Å². The summed E-state index contributed by atoms with van der Waals surface area (Å²) in [6.45, 7) is 2.36. The van der Waals surface area contributed by atoms with Crippen LogP contribution in [0.5, 0.6) is 0 Å². The van der Waals surface area contributed by atoms with Crippen molar-refractivity contribution in [3.8, 4) is 0 Å². The van der Waals surface area contributed by atoms with Crippen molar-refractivity contribution >= 4 is 22.7 Å². The van der Waals surface area contributed by atoms with Crippen molar-refractivity contribution < 1.29 is 4.79 Å². The van der Waals surface area contributed by atoms with Crippen LogP contribution in [0, 0.1) is 6.92 Å². The number of aromatic amines is 1. The summed E-state index contributed by atoms with van der Waals surface area (Å²) in [6, 6.07) is 5.12. The Morgan fingerprint density at radius 1 is 1.42 bits per heavy atom. The Morgan fingerprint density at radius 3 is 3.08 bits per heavy atom. The third-order valence-corrected chi connectivity index (χ3v) is 4.62. The molecule has 4 rings (SSSR count). The molecular formula is C15H15N7OS. The number of urea groups is 1. The van der Waals surface area contributed by atoms with Crippen LogP contribution < -0.4 is 5.32 Å². The molecule has 0 radical (unpaired) electrons. The van der Waals surface area contributed by atoms with Crippen molar-refractivity contribution in [3.05, 3.63) is 53.6 Å². The van der Waals surface area contributed by atoms with Gasteiger partial charge in [0.2, 0.25) is 5.13 Å². The summed E-state index contributed by atoms with van der Waals surface area (Å²) in [6.07, 6.45) is 4.11. The summed E-state index contributed by atoms with van der Waals surface area (Å²) in [5, 5.41) is 3.31. The number of hydrogen-bond acceptors (Lipinski definition) is 6. The third kappa shape index (κ3) is 2.62. The molecule has 2 amide bonds. The molecule has 3 aromatic heterocycles. The number of pyridine rings is 1. The molecule has 122 valence electrons. The maximum Gasteiger partial charge on any atom is 0.324 e. The van der Waals surface area contributed by atoms with Gasteiger partial charge in [0.15, 0.2) is 0 Å². The molecule has 1 unspecified atom stereocenters. The Kier molecular flexibility index (Phi) is 3.69. The predicted octanol–water partition coefficient (Wildman–Crippen LogP) is 2.14. The second-order valence-corrected chi connectivity index (χ2v) is 6.20. The van der Waals surface area contributed by atoms with E-state index < -0.39 is 0 Å². The molecule has 0 saturated heterocycles. The van der Waals surface area contributed by atoms with Gasteiger partial charge in [0.25, 0.3) is 0 Å². The number of nitrogens with zero attached hydrogens (tertiary/aromatic N) is 5. The normalized spacial score (nSPS) is 16.7. The molecular weight excluding hydrogens is 326 g/mol. The van der Waals surface area contributed by atoms with Crippen LogP contribution in [0.25, 0.3) is 0 Å². The van der Waals surface area contributed by atoms with E-state index in [0.717, 1.165) is 23.5 Å². The maximum atomic E-state index is 12.8. The molecule has 3 aromatic rings. The number of aryl methyl sites for hydroxylation is 1. The number of carbonyl (C=O) groups is 1. The number of fused-ring (bicyclic) bond motifs is 1. The molecule has 2 N–H and O–H groups in total. The third-order valence-electron chi connectivity index (χ3n) is 3.90. The highest BCUT2D eigenvalue weighted by Gasteiger charge is 2.35. The summed E-state index contributed by atoms with van der Waals surface area (Å²) < 4.78 is 4.09. The Labute approximate surface area is 142 Å². The topological polar surface area (TPSA) is 99.7 Å². The highest BCUT2D eigenvalue weighted by Crippen LogP contribution is 2.32. The minimum Gasteiger partial charge on any atom is -0.348 e. The maximum absolute atomic E-state index is 12.8. The molecule has 24 heavy (non-hydrogen) atoms. The van der Waals surface area contributed by atoms with Gasteiger partial charge in [0, 0.05) is 36.4 Å². The second kappa shape index (κ2) is 6.00. The number of anilines is 1. The van der Waals surface area contributed by atoms with Crippen molar-refractivity contribution in [2.75, 3.05) is 11.9 Å². The first-order valence-electron chi connectivity index (χ1n) is 7.53. The number of imidazole rings is 1. The predicted molar refractivity (Wildman–Crippen MR) is 88.7 cm³/mol. The Morgan fingerprint density at radius 2 is 2.33 bits per heavy atom. The van der Waals surface area contributed by atoms with Crippen LogP contribution in [0.1, 0.15) is 28.9 Å². The highest BCUT2D eigenvalue weighted by molar-refractivity contribution is 7.09. The van der Waals surface area contributed by atoms with Crippen molar-refractivity contribution in [3.63, 3.8) is 0 Å². The van der Waals surface area contributed by atoms with Gasteiger partial charge in [-0.25, -0.2) is 14.8 Å². The standard InChI is InChI=1S/C15H15N7OS/c1-9-19-14(24-21-9)20-15(23)22-7-5-10-12(18-8-17-10)13(22)11-4-2-3-6-16-11/h2-4,6,8,13H,5,7H2,1H3,(H,17,18)(H,19,20,21,23). The Bertz CT molecular complexity index is 860. The number of hydrogen-bond donors (Lipinski definition) is 2. The van der Waals surface area contributed by atoms with E-state index in [2.05, 4.69) is 29.6 Å². The zero-order valence-electron chi connectivity index (χ0n) is 12.9. The monoisotopic (exact) mass is 341 g/mol. The van der Waals surface area contributed by atoms with Crippen LogP contribution in [0.15, 0.2) is 30.7 Å². The van der Waals surface area contributed by atoms with Crippen LogP contribution in [0.4, 0.5) is 9.93 Å². The minimum atomic E-state index is -0.324. The molecule has 0 spiro atoms. The van der Waals surface area contributed by atoms with Gasteiger partial charge in [-0.15, -0.1) is 0 Å². The number of nitrogens with one attached hydrogen (secondary N) is 2. The molecule has 8 nitrogen and oxygen atoms in total. The van der Waals surface area contributed by atoms with Gasteiger partial charge < -0.3 is 9.88 Å². The highest BCUT2D eigenvalue weighted by atomic mass is 32.1. The zero-order chi connectivity index (χ0) is 16.5. The Balaban J connectivity index is 1.67. The molecule has 0 aromatic carbocycles. The minimum absolute atomic E-state index is 0.226. The van der Waals surface area contributed by atoms with Crippen molar-refractivity contribution in [1.29, 1.82) is 0 Å². The fraction of sp³-hybridized carbons (Fsp3) is 0.267. The van der Waals surface area contributed by atoms with E-state index in [0.29, 0.717) is 17.5 Å². The van der Waals surface area contributed by atoms with E-state index in [1.807, 2.05) is 18.2 Å². The molecule has 0 fully saturated rings. The zero-order valence-corrected chi connectivity index (χ0v) is 13.7. The van der Waals surface area contributed by atoms with Crippen LogP contribution in [0.2, 0.25) is 0 Å². The fourth-order valence-corrected chi connectivity index (χ4v) is 3.41. The van der Waals surface area contributed by atoms with Gasteiger partial charge in [0.1, 0.15) is 11.9 Å². The van der Waals surface area contributed by atoms with Crippen LogP contribution >= 0.6 is 11.5 Å². The van der Waals surface area contributed by atoms with E-state index in [4.69, 9.17) is 0 Å². The van der Waals surface area contributed by atoms with Gasteiger partial charge in [-0.05, 0) is 19.1 Å². The lowest BCUT2D eigenvalue weighted by Gasteiger charge is -2.34. The average molecular weight is 341 g/mol. The molecule has 1 atom stereocenters. The number of rotatable bonds is 2. The van der Waals surface area contributed by atoms with E-state index in [1.165, 1.54) is 11.5 Å². The van der Waals surface area contributed by atoms with Gasteiger partial charge >= 0.3 is 6.03 Å². The molecule has 0 bridgehead atoms. The van der Waals surface area contributed by atoms with Crippen molar-refractivity contribution in [2.45, 2.75) is 19.4 Å². The van der Waals surface area contributed by atoms with E-state index >= 15 is 0 Å².